The smallest absolute Gasteiger partial charge is 0.344 e. The largest absolute Gasteiger partial charge is 0.474 e. The summed E-state index contributed by atoms with van der Waals surface area (Å²) in [6, 6.07) is 0. The van der Waals surface area contributed by atoms with Gasteiger partial charge in [-0.3, -0.25) is 0 Å². The van der Waals surface area contributed by atoms with Crippen LogP contribution in [0, 0.1) is 0 Å². The Kier molecular flexibility index (Phi) is 2.83. The summed E-state index contributed by atoms with van der Waals surface area (Å²) >= 11 is 0. The van der Waals surface area contributed by atoms with Crippen LogP contribution in [0.5, 0.6) is 0 Å². The molecule has 1 unspecified atom stereocenters. The minimum Gasteiger partial charge on any atom is -0.474 e. The minimum atomic E-state index is -0.721. The quantitative estimate of drug-likeness (QED) is 0.514. The van der Waals surface area contributed by atoms with Gasteiger partial charge in [0.1, 0.15) is 0 Å². The molecule has 0 saturated carbocycles. The summed E-state index contributed by atoms with van der Waals surface area (Å²) in [5.74, 6) is 0.782. The SMILES string of the molecule is CC[SH](C)C(=O)O. The first-order chi connectivity index (χ1) is 3.18. The van der Waals surface area contributed by atoms with E-state index in [-0.39, 0.29) is 0 Å². The van der Waals surface area contributed by atoms with Gasteiger partial charge in [0.15, 0.2) is 0 Å². The Morgan fingerprint density at radius 3 is 2.29 bits per heavy atom. The summed E-state index contributed by atoms with van der Waals surface area (Å²) in [6.45, 7) is 1.89. The second kappa shape index (κ2) is 2.91. The molecular formula is C4H10O2S. The lowest BCUT2D eigenvalue weighted by molar-refractivity contribution is 0.222. The van der Waals surface area contributed by atoms with Crippen LogP contribution in [0.4, 0.5) is 4.79 Å². The highest BCUT2D eigenvalue weighted by atomic mass is 32.2. The Morgan fingerprint density at radius 1 is 1.86 bits per heavy atom. The Labute approximate surface area is 45.9 Å². The van der Waals surface area contributed by atoms with Crippen molar-refractivity contribution in [2.24, 2.45) is 0 Å². The Morgan fingerprint density at radius 2 is 2.29 bits per heavy atom. The van der Waals surface area contributed by atoms with Crippen molar-refractivity contribution in [3.8, 4) is 0 Å². The zero-order chi connectivity index (χ0) is 5.86. The molecule has 7 heavy (non-hydrogen) atoms. The lowest BCUT2D eigenvalue weighted by Crippen LogP contribution is -1.93. The predicted octanol–water partition coefficient (Wildman–Crippen LogP) is 1.32. The van der Waals surface area contributed by atoms with E-state index < -0.39 is 16.2 Å². The van der Waals surface area contributed by atoms with Gasteiger partial charge >= 0.3 is 5.30 Å². The van der Waals surface area contributed by atoms with Crippen LogP contribution >= 0.6 is 10.9 Å². The molecule has 0 aliphatic rings. The van der Waals surface area contributed by atoms with E-state index in [1.165, 1.54) is 0 Å². The summed E-state index contributed by atoms with van der Waals surface area (Å²) in [6.07, 6.45) is 1.76. The minimum absolute atomic E-state index is 0.641. The molecule has 1 N–H and O–H groups in total. The molecule has 3 heteroatoms. The molecule has 1 atom stereocenters. The molecule has 0 spiro atoms. The molecule has 0 aliphatic heterocycles. The third-order valence-electron chi connectivity index (χ3n) is 0.801. The standard InChI is InChI=1S/C4H10O2S/c1-3-7(2)4(5)6/h7H,3H2,1-2H3,(H,5,6). The number of hydrogen-bond donors (Lipinski definition) is 2. The summed E-state index contributed by atoms with van der Waals surface area (Å²) in [5.41, 5.74) is 0. The predicted molar refractivity (Wildman–Crippen MR) is 33.5 cm³/mol. The highest BCUT2D eigenvalue weighted by Gasteiger charge is 1.99. The van der Waals surface area contributed by atoms with Crippen LogP contribution in [-0.4, -0.2) is 22.4 Å². The van der Waals surface area contributed by atoms with Crippen molar-refractivity contribution in [2.75, 3.05) is 12.0 Å². The van der Waals surface area contributed by atoms with E-state index >= 15 is 0 Å². The molecule has 44 valence electrons. The van der Waals surface area contributed by atoms with Gasteiger partial charge in [0.05, 0.1) is 0 Å². The molecule has 0 aromatic heterocycles. The third kappa shape index (κ3) is 2.51. The van der Waals surface area contributed by atoms with E-state index in [1.807, 2.05) is 6.92 Å². The first-order valence-corrected chi connectivity index (χ1v) is 4.10. The second-order valence-corrected chi connectivity index (χ2v) is 3.71. The maximum atomic E-state index is 9.96. The number of thiol groups is 1. The maximum Gasteiger partial charge on any atom is 0.344 e. The van der Waals surface area contributed by atoms with Gasteiger partial charge < -0.3 is 5.11 Å². The van der Waals surface area contributed by atoms with Crippen molar-refractivity contribution in [3.05, 3.63) is 0 Å². The van der Waals surface area contributed by atoms with Gasteiger partial charge in [-0.2, -0.15) is 10.9 Å². The van der Waals surface area contributed by atoms with Gasteiger partial charge in [0.25, 0.3) is 0 Å². The Hall–Kier alpha value is -0.180. The van der Waals surface area contributed by atoms with Crippen molar-refractivity contribution in [1.82, 2.24) is 0 Å². The van der Waals surface area contributed by atoms with E-state index in [9.17, 15) is 4.79 Å². The van der Waals surface area contributed by atoms with Crippen molar-refractivity contribution >= 4 is 16.2 Å². The van der Waals surface area contributed by atoms with Gasteiger partial charge in [-0.1, -0.05) is 6.92 Å². The zero-order valence-electron chi connectivity index (χ0n) is 4.51. The van der Waals surface area contributed by atoms with E-state index in [4.69, 9.17) is 5.11 Å². The molecule has 0 bridgehead atoms. The fourth-order valence-corrected chi connectivity index (χ4v) is 0.406. The fraction of sp³-hybridized carbons (Fsp3) is 0.750. The maximum absolute atomic E-state index is 9.96. The number of rotatable bonds is 1. The van der Waals surface area contributed by atoms with Gasteiger partial charge in [-0.05, 0) is 12.0 Å². The molecule has 0 saturated heterocycles. The first kappa shape index (κ1) is 6.82. The average Bonchev–Trinajstić information content (AvgIpc) is 1.65. The topological polar surface area (TPSA) is 37.3 Å². The molecule has 0 aliphatic carbocycles. The zero-order valence-corrected chi connectivity index (χ0v) is 5.40. The number of carbonyl (C=O) groups is 1. The van der Waals surface area contributed by atoms with E-state index in [2.05, 4.69) is 0 Å². The molecule has 0 rings (SSSR count). The lowest BCUT2D eigenvalue weighted by Gasteiger charge is -2.02. The highest BCUT2D eigenvalue weighted by Crippen LogP contribution is 2.17. The summed E-state index contributed by atoms with van der Waals surface area (Å²) in [5, 5.41) is 7.57. The van der Waals surface area contributed by atoms with Crippen LogP contribution in [0.1, 0.15) is 6.92 Å². The number of hydrogen-bond acceptors (Lipinski definition) is 1. The van der Waals surface area contributed by atoms with Crippen LogP contribution < -0.4 is 0 Å². The molecule has 0 aromatic carbocycles. The normalized spacial score (nSPS) is 16.0. The van der Waals surface area contributed by atoms with Crippen molar-refractivity contribution < 1.29 is 9.90 Å². The molecule has 0 radical (unpaired) electrons. The van der Waals surface area contributed by atoms with Crippen LogP contribution in [0.2, 0.25) is 0 Å². The summed E-state index contributed by atoms with van der Waals surface area (Å²) < 4.78 is 0. The van der Waals surface area contributed by atoms with Crippen LogP contribution in [0.3, 0.4) is 0 Å². The van der Waals surface area contributed by atoms with Crippen molar-refractivity contribution in [1.29, 1.82) is 0 Å². The van der Waals surface area contributed by atoms with Gasteiger partial charge in [-0.25, -0.2) is 4.79 Å². The van der Waals surface area contributed by atoms with Crippen molar-refractivity contribution in [2.45, 2.75) is 6.92 Å². The fourth-order valence-electron chi connectivity index (χ4n) is 0.135. The highest BCUT2D eigenvalue weighted by molar-refractivity contribution is 8.28. The van der Waals surface area contributed by atoms with Gasteiger partial charge in [-0.15, -0.1) is 0 Å². The molecule has 2 nitrogen and oxygen atoms in total. The second-order valence-electron chi connectivity index (χ2n) is 1.30. The molecule has 0 aromatic rings. The van der Waals surface area contributed by atoms with Gasteiger partial charge in [0.2, 0.25) is 0 Å². The van der Waals surface area contributed by atoms with Crippen LogP contribution in [0.15, 0.2) is 0 Å². The first-order valence-electron chi connectivity index (χ1n) is 2.12. The average molecular weight is 122 g/mol. The molecular weight excluding hydrogens is 112 g/mol. The summed E-state index contributed by atoms with van der Waals surface area (Å²) in [4.78, 5) is 9.96. The number of carboxylic acid groups (broad SMARTS) is 1. The molecule has 0 heterocycles. The third-order valence-corrected chi connectivity index (χ3v) is 2.40. The Balaban J connectivity index is 3.34. The van der Waals surface area contributed by atoms with Crippen LogP contribution in [-0.2, 0) is 0 Å². The summed E-state index contributed by atoms with van der Waals surface area (Å²) in [7, 11) is -0.721. The van der Waals surface area contributed by atoms with E-state index in [1.54, 1.807) is 6.26 Å². The van der Waals surface area contributed by atoms with Crippen molar-refractivity contribution in [3.63, 3.8) is 0 Å². The Bertz CT molecular complexity index is 72.1. The van der Waals surface area contributed by atoms with Crippen LogP contribution in [0.25, 0.3) is 0 Å². The van der Waals surface area contributed by atoms with E-state index in [0.717, 1.165) is 5.75 Å². The molecule has 0 amide bonds. The van der Waals surface area contributed by atoms with Gasteiger partial charge in [0, 0.05) is 0 Å². The lowest BCUT2D eigenvalue weighted by atomic mass is 11.0. The molecule has 0 fully saturated rings. The van der Waals surface area contributed by atoms with E-state index in [0.29, 0.717) is 0 Å². The monoisotopic (exact) mass is 122 g/mol.